The fraction of sp³-hybridized carbons (Fsp3) is 0.600. The highest BCUT2D eigenvalue weighted by Gasteiger charge is 2.15. The second-order valence-electron chi connectivity index (χ2n) is 4.61. The summed E-state index contributed by atoms with van der Waals surface area (Å²) in [7, 11) is 0. The number of aromatic nitrogens is 3. The van der Waals surface area contributed by atoms with Gasteiger partial charge in [0.2, 0.25) is 0 Å². The van der Waals surface area contributed by atoms with Crippen LogP contribution in [-0.4, -0.2) is 24.9 Å². The van der Waals surface area contributed by atoms with Gasteiger partial charge in [0.15, 0.2) is 0 Å². The zero-order valence-corrected chi connectivity index (χ0v) is 11.0. The van der Waals surface area contributed by atoms with Gasteiger partial charge in [0, 0.05) is 43.1 Å². The van der Waals surface area contributed by atoms with Gasteiger partial charge in [-0.15, -0.1) is 0 Å². The maximum absolute atomic E-state index is 13.2. The molecule has 1 N–H and O–H groups in total. The average Bonchev–Trinajstić information content (AvgIpc) is 2.91. The zero-order chi connectivity index (χ0) is 26.6. The second kappa shape index (κ2) is 5.89. The van der Waals surface area contributed by atoms with Crippen molar-refractivity contribution in [2.24, 2.45) is 14.0 Å². The highest BCUT2D eigenvalue weighted by molar-refractivity contribution is 5.79. The summed E-state index contributed by atoms with van der Waals surface area (Å²) >= 11 is 0. The van der Waals surface area contributed by atoms with Crippen molar-refractivity contribution in [3.63, 3.8) is 0 Å². The maximum Gasteiger partial charge on any atom is 0.332 e. The summed E-state index contributed by atoms with van der Waals surface area (Å²) in [4.78, 5) is 26.2. The van der Waals surface area contributed by atoms with Crippen LogP contribution < -0.4 is 11.2 Å². The Balaban J connectivity index is 2.83. The molecule has 1 atom stereocenters. The average molecular weight is 306 g/mol. The van der Waals surface area contributed by atoms with E-state index in [-0.39, 0.29) is 28.4 Å². The van der Waals surface area contributed by atoms with E-state index >= 15 is 0 Å². The minimum Gasteiger partial charge on any atom is -0.393 e. The van der Waals surface area contributed by atoms with Gasteiger partial charge in [0.1, 0.15) is 5.65 Å². The van der Waals surface area contributed by atoms with Crippen LogP contribution in [0.4, 0.5) is 0 Å². The second-order valence-corrected chi connectivity index (χ2v) is 4.61. The number of aliphatic hydroxyl groups excluding tert-OH is 1. The SMILES string of the molecule is [2H]c1c(C([2H])([2H])[2H])c2c(=O)n(CCCCC(O)C([2H])([2H])[2H])c(=O)n(C([2H])([2H])[2H])c2n1C([2H])([2H])[2H]. The number of rotatable bonds is 5. The molecule has 0 aromatic carbocycles. The molecule has 0 spiro atoms. The first kappa shape index (κ1) is 5.76. The third-order valence-corrected chi connectivity index (χ3v) is 3.11. The quantitative estimate of drug-likeness (QED) is 0.834. The highest BCUT2D eigenvalue weighted by atomic mass is 16.3. The van der Waals surface area contributed by atoms with Crippen molar-refractivity contribution in [2.45, 2.75) is 45.6 Å². The largest absolute Gasteiger partial charge is 0.393 e. The number of hydrogen-bond acceptors (Lipinski definition) is 3. The van der Waals surface area contributed by atoms with Crippen LogP contribution in [-0.2, 0) is 20.5 Å². The van der Waals surface area contributed by atoms with Crippen LogP contribution in [0.25, 0.3) is 11.0 Å². The number of hydrogen-bond donors (Lipinski definition) is 1. The van der Waals surface area contributed by atoms with Crippen molar-refractivity contribution in [3.8, 4) is 0 Å². The lowest BCUT2D eigenvalue weighted by molar-refractivity contribution is 0.180. The summed E-state index contributed by atoms with van der Waals surface area (Å²) in [5, 5.41) is 8.71. The molecule has 0 bridgehead atoms. The minimum atomic E-state index is -3.35. The summed E-state index contributed by atoms with van der Waals surface area (Å²) in [6.07, 6.45) is -3.07. The molecule has 116 valence electrons. The van der Waals surface area contributed by atoms with E-state index in [2.05, 4.69) is 0 Å². The van der Waals surface area contributed by atoms with Gasteiger partial charge in [-0.3, -0.25) is 13.9 Å². The Labute approximate surface area is 141 Å². The highest BCUT2D eigenvalue weighted by Crippen LogP contribution is 2.14. The van der Waals surface area contributed by atoms with Crippen molar-refractivity contribution in [3.05, 3.63) is 32.6 Å². The molecule has 0 radical (unpaired) electrons. The van der Waals surface area contributed by atoms with Gasteiger partial charge < -0.3 is 9.67 Å². The molecule has 0 saturated carbocycles. The first-order chi connectivity index (χ1) is 15.1. The molecule has 21 heavy (non-hydrogen) atoms. The molecule has 2 rings (SSSR count). The summed E-state index contributed by atoms with van der Waals surface area (Å²) in [5.41, 5.74) is -4.78. The topological polar surface area (TPSA) is 69.2 Å². The van der Waals surface area contributed by atoms with E-state index in [4.69, 9.17) is 17.8 Å². The Kier molecular flexibility index (Phi) is 1.62. The van der Waals surface area contributed by atoms with Crippen molar-refractivity contribution in [1.29, 1.82) is 0 Å². The summed E-state index contributed by atoms with van der Waals surface area (Å²) in [6, 6.07) is 0. The molecule has 6 heteroatoms. The molecule has 2 heterocycles. The number of aliphatic hydroxyl groups is 1. The minimum absolute atomic E-state index is 0.000659. The lowest BCUT2D eigenvalue weighted by Gasteiger charge is -2.10. The third kappa shape index (κ3) is 2.81. The van der Waals surface area contributed by atoms with Gasteiger partial charge in [-0.1, -0.05) is 0 Å². The van der Waals surface area contributed by atoms with Gasteiger partial charge in [-0.25, -0.2) is 4.79 Å². The number of nitrogens with zero attached hydrogens (tertiary/aromatic N) is 3. The van der Waals surface area contributed by atoms with Gasteiger partial charge in [0.05, 0.1) is 12.9 Å². The van der Waals surface area contributed by atoms with Crippen molar-refractivity contribution < 1.29 is 22.9 Å². The molecular weight excluding hydrogens is 270 g/mol. The van der Waals surface area contributed by atoms with Crippen LogP contribution in [0, 0.1) is 6.85 Å². The molecule has 0 aliphatic rings. The molecule has 0 amide bonds. The van der Waals surface area contributed by atoms with E-state index in [9.17, 15) is 14.7 Å². The van der Waals surface area contributed by atoms with Crippen LogP contribution in [0.15, 0.2) is 15.8 Å². The van der Waals surface area contributed by atoms with Crippen LogP contribution in [0.1, 0.15) is 49.5 Å². The molecule has 0 aliphatic heterocycles. The fourth-order valence-electron chi connectivity index (χ4n) is 2.10. The smallest absolute Gasteiger partial charge is 0.332 e. The van der Waals surface area contributed by atoms with E-state index in [1.807, 2.05) is 0 Å². The van der Waals surface area contributed by atoms with Gasteiger partial charge in [-0.05, 0) is 38.5 Å². The van der Waals surface area contributed by atoms with Crippen molar-refractivity contribution in [2.75, 3.05) is 0 Å². The van der Waals surface area contributed by atoms with Crippen molar-refractivity contribution in [1.82, 2.24) is 13.7 Å². The van der Waals surface area contributed by atoms with E-state index < -0.39 is 74.3 Å². The van der Waals surface area contributed by atoms with Gasteiger partial charge in [0.25, 0.3) is 5.56 Å². The first-order valence-corrected chi connectivity index (χ1v) is 6.22. The Morgan fingerprint density at radius 1 is 1.38 bits per heavy atom. The first-order valence-electron chi connectivity index (χ1n) is 12.7. The van der Waals surface area contributed by atoms with Gasteiger partial charge in [-0.2, -0.15) is 0 Å². The van der Waals surface area contributed by atoms with Crippen LogP contribution >= 0.6 is 0 Å². The monoisotopic (exact) mass is 306 g/mol. The Morgan fingerprint density at radius 2 is 2.24 bits per heavy atom. The maximum atomic E-state index is 13.2. The number of fused-ring (bicyclic) bond motifs is 1. The van der Waals surface area contributed by atoms with Crippen LogP contribution in [0.3, 0.4) is 0 Å². The fourth-order valence-corrected chi connectivity index (χ4v) is 2.10. The van der Waals surface area contributed by atoms with E-state index in [0.717, 1.165) is 0 Å². The summed E-state index contributed by atoms with van der Waals surface area (Å²) in [6.45, 7) is -12.9. The van der Waals surface area contributed by atoms with Crippen LogP contribution in [0.2, 0.25) is 0 Å². The van der Waals surface area contributed by atoms with Crippen LogP contribution in [0.5, 0.6) is 0 Å². The molecule has 0 saturated heterocycles. The lowest BCUT2D eigenvalue weighted by atomic mass is 10.2. The molecule has 1 unspecified atom stereocenters. The number of aryl methyl sites for hydroxylation is 3. The summed E-state index contributed by atoms with van der Waals surface area (Å²) in [5.74, 6) is 0. The molecule has 0 aliphatic carbocycles. The molecule has 2 aromatic heterocycles. The number of unbranched alkanes of at least 4 members (excludes halogenated alkanes) is 1. The third-order valence-electron chi connectivity index (χ3n) is 3.11. The summed E-state index contributed by atoms with van der Waals surface area (Å²) < 4.78 is 99.2. The Hall–Kier alpha value is -1.82. The van der Waals surface area contributed by atoms with Gasteiger partial charge >= 0.3 is 5.69 Å². The normalized spacial score (nSPS) is 24.5. The molecule has 6 nitrogen and oxygen atoms in total. The van der Waals surface area contributed by atoms with E-state index in [0.29, 0.717) is 4.57 Å². The molecular formula is C15H23N3O3. The standard InChI is InChI=1S/C15H23N3O3/c1-10-9-16(3)13-12(10)14(20)18(15(21)17(13)4)8-6-5-7-11(2)19/h9,11,19H,5-8H2,1-4H3/i1D3,2D3,3D3,4D3,9D. The zero-order valence-electron chi connectivity index (χ0n) is 24.0. The van der Waals surface area contributed by atoms with E-state index in [1.54, 1.807) is 0 Å². The molecule has 2 aromatic rings. The van der Waals surface area contributed by atoms with Crippen molar-refractivity contribution >= 4 is 11.0 Å². The molecule has 0 fully saturated rings. The Bertz CT molecular complexity index is 1180. The van der Waals surface area contributed by atoms with E-state index in [1.165, 1.54) is 0 Å². The predicted molar refractivity (Wildman–Crippen MR) is 82.7 cm³/mol. The lowest BCUT2D eigenvalue weighted by Crippen LogP contribution is -2.39. The predicted octanol–water partition coefficient (Wildman–Crippen LogP) is 0.898. The Morgan fingerprint density at radius 3 is 2.90 bits per heavy atom.